The predicted molar refractivity (Wildman–Crippen MR) is 90.0 cm³/mol. The zero-order valence-electron chi connectivity index (χ0n) is 12.8. The molecule has 0 aliphatic carbocycles. The molecular formula is C17H13FN4OS. The van der Waals surface area contributed by atoms with E-state index in [9.17, 15) is 4.39 Å². The van der Waals surface area contributed by atoms with Crippen LogP contribution in [0.4, 0.5) is 4.39 Å². The van der Waals surface area contributed by atoms with Crippen molar-refractivity contribution in [3.63, 3.8) is 0 Å². The van der Waals surface area contributed by atoms with Crippen LogP contribution in [0.15, 0.2) is 58.4 Å². The van der Waals surface area contributed by atoms with Crippen LogP contribution in [0.5, 0.6) is 0 Å². The largest absolute Gasteiger partial charge is 0.461 e. The van der Waals surface area contributed by atoms with Crippen LogP contribution in [-0.2, 0) is 12.8 Å². The average Bonchev–Trinajstić information content (AvgIpc) is 3.22. The van der Waals surface area contributed by atoms with E-state index in [2.05, 4.69) is 15.2 Å². The number of furan rings is 1. The SMILES string of the molecule is Cn1c(SCc2cc(F)cc3cccnc23)nnc1-c1ccco1. The summed E-state index contributed by atoms with van der Waals surface area (Å²) in [7, 11) is 1.88. The first-order valence-corrected chi connectivity index (χ1v) is 8.30. The molecule has 0 bridgehead atoms. The molecule has 1 aromatic carbocycles. The number of aromatic nitrogens is 4. The van der Waals surface area contributed by atoms with E-state index in [1.165, 1.54) is 23.9 Å². The highest BCUT2D eigenvalue weighted by atomic mass is 32.2. The van der Waals surface area contributed by atoms with Crippen LogP contribution in [0.1, 0.15) is 5.56 Å². The zero-order chi connectivity index (χ0) is 16.5. The van der Waals surface area contributed by atoms with Gasteiger partial charge in [0, 0.05) is 24.4 Å². The molecule has 24 heavy (non-hydrogen) atoms. The summed E-state index contributed by atoms with van der Waals surface area (Å²) in [6, 6.07) is 10.3. The Morgan fingerprint density at radius 3 is 2.96 bits per heavy atom. The smallest absolute Gasteiger partial charge is 0.200 e. The van der Waals surface area contributed by atoms with Crippen molar-refractivity contribution in [2.24, 2.45) is 7.05 Å². The first-order valence-electron chi connectivity index (χ1n) is 7.31. The quantitative estimate of drug-likeness (QED) is 0.525. The van der Waals surface area contributed by atoms with E-state index in [-0.39, 0.29) is 5.82 Å². The molecule has 0 atom stereocenters. The highest BCUT2D eigenvalue weighted by Crippen LogP contribution is 2.28. The van der Waals surface area contributed by atoms with E-state index in [0.29, 0.717) is 17.3 Å². The summed E-state index contributed by atoms with van der Waals surface area (Å²) in [5, 5.41) is 9.88. The van der Waals surface area contributed by atoms with E-state index in [4.69, 9.17) is 4.42 Å². The standard InChI is InChI=1S/C17H13FN4OS/c1-22-16(14-5-3-7-23-14)20-21-17(22)24-10-12-9-13(18)8-11-4-2-6-19-15(11)12/h2-9H,10H2,1H3. The summed E-state index contributed by atoms with van der Waals surface area (Å²) < 4.78 is 21.0. The summed E-state index contributed by atoms with van der Waals surface area (Å²) >= 11 is 1.48. The molecule has 5 nitrogen and oxygen atoms in total. The second-order valence-corrected chi connectivity index (χ2v) is 6.21. The van der Waals surface area contributed by atoms with Gasteiger partial charge in [0.2, 0.25) is 0 Å². The lowest BCUT2D eigenvalue weighted by molar-refractivity contribution is 0.572. The van der Waals surface area contributed by atoms with Crippen LogP contribution in [0.25, 0.3) is 22.5 Å². The number of rotatable bonds is 4. The maximum atomic E-state index is 13.8. The molecule has 0 radical (unpaired) electrons. The van der Waals surface area contributed by atoms with Gasteiger partial charge in [-0.15, -0.1) is 10.2 Å². The Bertz CT molecular complexity index is 997. The first-order chi connectivity index (χ1) is 11.7. The number of hydrogen-bond donors (Lipinski definition) is 0. The number of thioether (sulfide) groups is 1. The fourth-order valence-corrected chi connectivity index (χ4v) is 3.42. The summed E-state index contributed by atoms with van der Waals surface area (Å²) in [6.45, 7) is 0. The van der Waals surface area contributed by atoms with Gasteiger partial charge >= 0.3 is 0 Å². The van der Waals surface area contributed by atoms with Gasteiger partial charge < -0.3 is 8.98 Å². The van der Waals surface area contributed by atoms with Gasteiger partial charge in [-0.25, -0.2) is 4.39 Å². The molecule has 4 rings (SSSR count). The molecule has 120 valence electrons. The van der Waals surface area contributed by atoms with Gasteiger partial charge in [0.1, 0.15) is 5.82 Å². The summed E-state index contributed by atoms with van der Waals surface area (Å²) in [5.41, 5.74) is 1.64. The lowest BCUT2D eigenvalue weighted by Crippen LogP contribution is -1.95. The highest BCUT2D eigenvalue weighted by Gasteiger charge is 2.14. The molecule has 0 unspecified atom stereocenters. The van der Waals surface area contributed by atoms with Crippen molar-refractivity contribution >= 4 is 22.7 Å². The second kappa shape index (κ2) is 6.09. The summed E-state index contributed by atoms with van der Waals surface area (Å²) in [5.74, 6) is 1.61. The van der Waals surface area contributed by atoms with Crippen LogP contribution in [-0.4, -0.2) is 19.7 Å². The van der Waals surface area contributed by atoms with Gasteiger partial charge in [0.25, 0.3) is 0 Å². The van der Waals surface area contributed by atoms with Gasteiger partial charge in [-0.05, 0) is 35.9 Å². The third kappa shape index (κ3) is 2.67. The molecule has 0 spiro atoms. The van der Waals surface area contributed by atoms with Crippen molar-refractivity contribution in [3.8, 4) is 11.6 Å². The molecule has 3 heterocycles. The average molecular weight is 340 g/mol. The predicted octanol–water partition coefficient (Wildman–Crippen LogP) is 4.05. The third-order valence-corrected chi connectivity index (χ3v) is 4.75. The number of hydrogen-bond acceptors (Lipinski definition) is 5. The summed E-state index contributed by atoms with van der Waals surface area (Å²) in [6.07, 6.45) is 3.31. The minimum absolute atomic E-state index is 0.264. The van der Waals surface area contributed by atoms with Crippen molar-refractivity contribution in [2.75, 3.05) is 0 Å². The van der Waals surface area contributed by atoms with Crippen LogP contribution >= 0.6 is 11.8 Å². The van der Waals surface area contributed by atoms with Crippen LogP contribution in [0.2, 0.25) is 0 Å². The van der Waals surface area contributed by atoms with Crippen LogP contribution in [0.3, 0.4) is 0 Å². The van der Waals surface area contributed by atoms with Gasteiger partial charge in [0.15, 0.2) is 16.7 Å². The topological polar surface area (TPSA) is 56.7 Å². The van der Waals surface area contributed by atoms with E-state index in [1.807, 2.05) is 23.7 Å². The van der Waals surface area contributed by atoms with E-state index < -0.39 is 0 Å². The lowest BCUT2D eigenvalue weighted by Gasteiger charge is -2.06. The summed E-state index contributed by atoms with van der Waals surface area (Å²) in [4.78, 5) is 4.36. The lowest BCUT2D eigenvalue weighted by atomic mass is 10.1. The highest BCUT2D eigenvalue weighted by molar-refractivity contribution is 7.98. The van der Waals surface area contributed by atoms with Gasteiger partial charge in [-0.3, -0.25) is 4.98 Å². The second-order valence-electron chi connectivity index (χ2n) is 5.27. The Morgan fingerprint density at radius 2 is 2.12 bits per heavy atom. The molecule has 0 aliphatic heterocycles. The van der Waals surface area contributed by atoms with E-state index >= 15 is 0 Å². The molecule has 0 fully saturated rings. The monoisotopic (exact) mass is 340 g/mol. The zero-order valence-corrected chi connectivity index (χ0v) is 13.6. The third-order valence-electron chi connectivity index (χ3n) is 3.68. The Balaban J connectivity index is 1.62. The maximum Gasteiger partial charge on any atom is 0.200 e. The molecular weight excluding hydrogens is 327 g/mol. The minimum atomic E-state index is -0.264. The van der Waals surface area contributed by atoms with Gasteiger partial charge in [-0.2, -0.15) is 0 Å². The molecule has 0 saturated heterocycles. The minimum Gasteiger partial charge on any atom is -0.461 e. The number of benzene rings is 1. The van der Waals surface area contributed by atoms with E-state index in [0.717, 1.165) is 21.6 Å². The number of pyridine rings is 1. The molecule has 4 aromatic rings. The molecule has 7 heteroatoms. The van der Waals surface area contributed by atoms with Crippen LogP contribution in [0, 0.1) is 5.82 Å². The van der Waals surface area contributed by atoms with Crippen LogP contribution < -0.4 is 0 Å². The number of nitrogens with zero attached hydrogens (tertiary/aromatic N) is 4. The van der Waals surface area contributed by atoms with Crippen molar-refractivity contribution < 1.29 is 8.81 Å². The molecule has 0 N–H and O–H groups in total. The van der Waals surface area contributed by atoms with Gasteiger partial charge in [-0.1, -0.05) is 17.8 Å². The fraction of sp³-hybridized carbons (Fsp3) is 0.118. The van der Waals surface area contributed by atoms with Crippen molar-refractivity contribution in [1.29, 1.82) is 0 Å². The Hall–Kier alpha value is -2.67. The Morgan fingerprint density at radius 1 is 1.21 bits per heavy atom. The number of fused-ring (bicyclic) bond motifs is 1. The van der Waals surface area contributed by atoms with Crippen molar-refractivity contribution in [2.45, 2.75) is 10.9 Å². The first kappa shape index (κ1) is 14.9. The number of halogens is 1. The van der Waals surface area contributed by atoms with E-state index in [1.54, 1.807) is 24.6 Å². The normalized spacial score (nSPS) is 11.2. The van der Waals surface area contributed by atoms with Crippen molar-refractivity contribution in [1.82, 2.24) is 19.7 Å². The Labute approximate surface area is 141 Å². The van der Waals surface area contributed by atoms with Crippen molar-refractivity contribution in [3.05, 3.63) is 60.2 Å². The molecule has 0 aliphatic rings. The van der Waals surface area contributed by atoms with Gasteiger partial charge in [0.05, 0.1) is 11.8 Å². The molecule has 0 saturated carbocycles. The maximum absolute atomic E-state index is 13.8. The Kier molecular flexibility index (Phi) is 3.78. The molecule has 3 aromatic heterocycles. The fourth-order valence-electron chi connectivity index (χ4n) is 2.54. The molecule has 0 amide bonds.